The van der Waals surface area contributed by atoms with Gasteiger partial charge in [-0.2, -0.15) is 0 Å². The number of hydrogen-bond acceptors (Lipinski definition) is 2. The van der Waals surface area contributed by atoms with E-state index in [0.29, 0.717) is 0 Å². The number of aromatic nitrogens is 1. The van der Waals surface area contributed by atoms with Crippen LogP contribution < -0.4 is 5.14 Å². The molecule has 5 heteroatoms. The SMILES string of the molecule is Cc1c(C)n(C)c2ccccc12.NS(=O)[O-]. The van der Waals surface area contributed by atoms with E-state index in [1.165, 1.54) is 22.2 Å². The van der Waals surface area contributed by atoms with Crippen LogP contribution in [0.3, 0.4) is 0 Å². The summed E-state index contributed by atoms with van der Waals surface area (Å²) in [6.07, 6.45) is 0. The lowest BCUT2D eigenvalue weighted by Crippen LogP contribution is -1.97. The third kappa shape index (κ3) is 2.69. The van der Waals surface area contributed by atoms with Crippen LogP contribution in [-0.2, 0) is 18.3 Å². The first kappa shape index (κ1) is 12.9. The van der Waals surface area contributed by atoms with Gasteiger partial charge in [0.15, 0.2) is 0 Å². The summed E-state index contributed by atoms with van der Waals surface area (Å²) in [6, 6.07) is 8.52. The second-order valence-electron chi connectivity index (χ2n) is 3.55. The first-order valence-corrected chi connectivity index (χ1v) is 5.93. The molecule has 0 fully saturated rings. The topological polar surface area (TPSA) is 71.1 Å². The van der Waals surface area contributed by atoms with E-state index >= 15 is 0 Å². The average molecular weight is 239 g/mol. The van der Waals surface area contributed by atoms with Crippen LogP contribution >= 0.6 is 0 Å². The van der Waals surface area contributed by atoms with E-state index in [2.05, 4.69) is 54.9 Å². The van der Waals surface area contributed by atoms with Crippen molar-refractivity contribution in [1.29, 1.82) is 0 Å². The molecule has 0 saturated heterocycles. The quantitative estimate of drug-likeness (QED) is 0.708. The lowest BCUT2D eigenvalue weighted by molar-refractivity contribution is 0.539. The first-order valence-electron chi connectivity index (χ1n) is 4.79. The second kappa shape index (κ2) is 5.25. The van der Waals surface area contributed by atoms with Crippen LogP contribution in [0.5, 0.6) is 0 Å². The summed E-state index contributed by atoms with van der Waals surface area (Å²) in [5.74, 6) is 0. The Labute approximate surface area is 97.5 Å². The maximum absolute atomic E-state index is 8.78. The van der Waals surface area contributed by atoms with Crippen LogP contribution in [0.25, 0.3) is 10.9 Å². The molecule has 0 aliphatic carbocycles. The fourth-order valence-corrected chi connectivity index (χ4v) is 1.71. The molecule has 0 spiro atoms. The third-order valence-corrected chi connectivity index (χ3v) is 2.72. The van der Waals surface area contributed by atoms with Gasteiger partial charge in [0.05, 0.1) is 0 Å². The van der Waals surface area contributed by atoms with Crippen LogP contribution in [0.15, 0.2) is 24.3 Å². The lowest BCUT2D eigenvalue weighted by atomic mass is 10.2. The Balaban J connectivity index is 0.000000280. The van der Waals surface area contributed by atoms with Crippen molar-refractivity contribution in [3.8, 4) is 0 Å². The molecule has 0 bridgehead atoms. The highest BCUT2D eigenvalue weighted by Crippen LogP contribution is 2.22. The lowest BCUT2D eigenvalue weighted by Gasteiger charge is -1.96. The van der Waals surface area contributed by atoms with Gasteiger partial charge in [0, 0.05) is 34.9 Å². The smallest absolute Gasteiger partial charge is 0.0482 e. The largest absolute Gasteiger partial charge is 0.760 e. The van der Waals surface area contributed by atoms with Crippen molar-refractivity contribution < 1.29 is 8.76 Å². The van der Waals surface area contributed by atoms with Gasteiger partial charge in [0.25, 0.3) is 0 Å². The molecule has 1 heterocycles. The van der Waals surface area contributed by atoms with Gasteiger partial charge >= 0.3 is 0 Å². The van der Waals surface area contributed by atoms with Gasteiger partial charge in [-0.05, 0) is 25.5 Å². The van der Waals surface area contributed by atoms with Crippen molar-refractivity contribution in [3.63, 3.8) is 0 Å². The van der Waals surface area contributed by atoms with Gasteiger partial charge in [-0.25, -0.2) is 0 Å². The molecule has 2 rings (SSSR count). The fourth-order valence-electron chi connectivity index (χ4n) is 1.71. The number of fused-ring (bicyclic) bond motifs is 1. The molecule has 1 unspecified atom stereocenters. The number of nitrogens with two attached hydrogens (primary N) is 1. The highest BCUT2D eigenvalue weighted by molar-refractivity contribution is 7.76. The maximum atomic E-state index is 8.78. The zero-order valence-electron chi connectivity index (χ0n) is 9.56. The van der Waals surface area contributed by atoms with Crippen molar-refractivity contribution in [3.05, 3.63) is 35.5 Å². The molecule has 1 aromatic carbocycles. The summed E-state index contributed by atoms with van der Waals surface area (Å²) in [5, 5.41) is 5.40. The van der Waals surface area contributed by atoms with Crippen molar-refractivity contribution in [2.75, 3.05) is 0 Å². The predicted molar refractivity (Wildman–Crippen MR) is 65.5 cm³/mol. The molecule has 16 heavy (non-hydrogen) atoms. The molecule has 4 nitrogen and oxygen atoms in total. The highest BCUT2D eigenvalue weighted by atomic mass is 32.2. The molecule has 1 atom stereocenters. The van der Waals surface area contributed by atoms with E-state index < -0.39 is 11.3 Å². The van der Waals surface area contributed by atoms with Crippen LogP contribution in [0.4, 0.5) is 0 Å². The Morgan fingerprint density at radius 2 is 1.81 bits per heavy atom. The molecule has 0 aliphatic heterocycles. The molecule has 88 valence electrons. The van der Waals surface area contributed by atoms with E-state index in [1.807, 2.05) is 0 Å². The van der Waals surface area contributed by atoms with Crippen LogP contribution in [-0.4, -0.2) is 13.3 Å². The zero-order valence-corrected chi connectivity index (χ0v) is 10.4. The Morgan fingerprint density at radius 3 is 2.31 bits per heavy atom. The van der Waals surface area contributed by atoms with Crippen LogP contribution in [0.1, 0.15) is 11.3 Å². The zero-order chi connectivity index (χ0) is 12.3. The van der Waals surface area contributed by atoms with Gasteiger partial charge < -0.3 is 9.12 Å². The van der Waals surface area contributed by atoms with E-state index in [-0.39, 0.29) is 0 Å². The molecular weight excluding hydrogens is 224 g/mol. The molecule has 0 saturated carbocycles. The standard InChI is InChI=1S/C11H13N.H3NO2S/c1-8-9(2)12(3)11-7-5-4-6-10(8)11;1-4(2)3/h4-7H,1-3H3;1H2,(H,2,3)/p-1. The van der Waals surface area contributed by atoms with E-state index in [9.17, 15) is 0 Å². The molecule has 2 aromatic rings. The monoisotopic (exact) mass is 239 g/mol. The summed E-state index contributed by atoms with van der Waals surface area (Å²) < 4.78 is 19.8. The Kier molecular flexibility index (Phi) is 4.23. The summed E-state index contributed by atoms with van der Waals surface area (Å²) in [7, 11) is 2.12. The number of para-hydroxylation sites is 1. The number of hydrogen-bond donors (Lipinski definition) is 1. The highest BCUT2D eigenvalue weighted by Gasteiger charge is 2.05. The van der Waals surface area contributed by atoms with Crippen molar-refractivity contribution in [1.82, 2.24) is 4.57 Å². The average Bonchev–Trinajstić information content (AvgIpc) is 2.44. The van der Waals surface area contributed by atoms with Crippen molar-refractivity contribution >= 4 is 22.2 Å². The number of benzene rings is 1. The minimum Gasteiger partial charge on any atom is -0.760 e. The Morgan fingerprint density at radius 1 is 1.31 bits per heavy atom. The van der Waals surface area contributed by atoms with E-state index in [1.54, 1.807) is 0 Å². The molecule has 0 amide bonds. The van der Waals surface area contributed by atoms with Gasteiger partial charge in [-0.15, -0.1) is 0 Å². The summed E-state index contributed by atoms with van der Waals surface area (Å²) in [5.41, 5.74) is 4.08. The number of aryl methyl sites for hydroxylation is 2. The Bertz CT molecular complexity index is 477. The molecule has 0 aliphatic rings. The molecule has 1 aromatic heterocycles. The summed E-state index contributed by atoms with van der Waals surface area (Å²) >= 11 is -2.36. The van der Waals surface area contributed by atoms with Crippen LogP contribution in [0, 0.1) is 13.8 Å². The van der Waals surface area contributed by atoms with Gasteiger partial charge in [-0.1, -0.05) is 18.2 Å². The van der Waals surface area contributed by atoms with E-state index in [0.717, 1.165) is 0 Å². The van der Waals surface area contributed by atoms with Gasteiger partial charge in [0.2, 0.25) is 0 Å². The minimum absolute atomic E-state index is 1.33. The number of nitrogens with zero attached hydrogens (tertiary/aromatic N) is 1. The van der Waals surface area contributed by atoms with Crippen molar-refractivity contribution in [2.45, 2.75) is 13.8 Å². The third-order valence-electron chi connectivity index (χ3n) is 2.72. The molecule has 2 N–H and O–H groups in total. The summed E-state index contributed by atoms with van der Waals surface area (Å²) in [6.45, 7) is 4.34. The Hall–Kier alpha value is -1.17. The summed E-state index contributed by atoms with van der Waals surface area (Å²) in [4.78, 5) is 0. The first-order chi connectivity index (χ1) is 7.45. The normalized spacial score (nSPS) is 12.1. The predicted octanol–water partition coefficient (Wildman–Crippen LogP) is 1.53. The van der Waals surface area contributed by atoms with E-state index in [4.69, 9.17) is 8.76 Å². The molecule has 0 radical (unpaired) electrons. The molecular formula is C11H15N2O2S-. The fraction of sp³-hybridized carbons (Fsp3) is 0.273. The maximum Gasteiger partial charge on any atom is 0.0482 e. The van der Waals surface area contributed by atoms with Gasteiger partial charge in [-0.3, -0.25) is 9.35 Å². The number of rotatable bonds is 0. The van der Waals surface area contributed by atoms with Crippen molar-refractivity contribution in [2.24, 2.45) is 12.2 Å². The minimum atomic E-state index is -2.36. The second-order valence-corrected chi connectivity index (χ2v) is 4.07. The van der Waals surface area contributed by atoms with Crippen LogP contribution in [0.2, 0.25) is 0 Å². The van der Waals surface area contributed by atoms with Gasteiger partial charge in [0.1, 0.15) is 0 Å².